The van der Waals surface area contributed by atoms with Crippen LogP contribution in [0.25, 0.3) is 0 Å². The molecule has 100 valence electrons. The van der Waals surface area contributed by atoms with Gasteiger partial charge in [0.15, 0.2) is 0 Å². The first-order valence-electron chi connectivity index (χ1n) is 6.10. The largest absolute Gasteiger partial charge is 0.391 e. The number of rotatable bonds is 4. The van der Waals surface area contributed by atoms with Crippen molar-refractivity contribution in [3.63, 3.8) is 0 Å². The quantitative estimate of drug-likeness (QED) is 0.707. The van der Waals surface area contributed by atoms with E-state index < -0.39 is 11.6 Å². The van der Waals surface area contributed by atoms with E-state index in [9.17, 15) is 9.90 Å². The molecule has 1 amide bonds. The fraction of sp³-hybridized carbons (Fsp3) is 0.917. The number of nitrogens with two attached hydrogens (primary N) is 1. The number of carbonyl (C=O) groups excluding carboxylic acids is 1. The van der Waals surface area contributed by atoms with E-state index in [0.29, 0.717) is 19.4 Å². The fourth-order valence-electron chi connectivity index (χ4n) is 2.28. The molecule has 0 radical (unpaired) electrons. The number of likely N-dealkylation sites (tertiary alicyclic amines) is 1. The minimum absolute atomic E-state index is 0.0425. The molecule has 2 unspecified atom stereocenters. The highest BCUT2D eigenvalue weighted by molar-refractivity contribution is 5.78. The molecule has 1 aliphatic heterocycles. The highest BCUT2D eigenvalue weighted by atomic mass is 16.3. The molecule has 17 heavy (non-hydrogen) atoms. The van der Waals surface area contributed by atoms with E-state index in [0.717, 1.165) is 6.54 Å². The lowest BCUT2D eigenvalue weighted by Crippen LogP contribution is -2.45. The van der Waals surface area contributed by atoms with Gasteiger partial charge in [-0.1, -0.05) is 0 Å². The Morgan fingerprint density at radius 3 is 2.59 bits per heavy atom. The van der Waals surface area contributed by atoms with Crippen molar-refractivity contribution in [3.05, 3.63) is 0 Å². The third-order valence-corrected chi connectivity index (χ3v) is 2.90. The summed E-state index contributed by atoms with van der Waals surface area (Å²) < 4.78 is 0. The maximum absolute atomic E-state index is 12.1. The number of hydrogen-bond donors (Lipinski definition) is 2. The predicted octanol–water partition coefficient (Wildman–Crippen LogP) is -0.363. The van der Waals surface area contributed by atoms with Crippen molar-refractivity contribution in [1.82, 2.24) is 9.80 Å². The average Bonchev–Trinajstić information content (AvgIpc) is 2.42. The van der Waals surface area contributed by atoms with Crippen LogP contribution in [0.3, 0.4) is 0 Å². The summed E-state index contributed by atoms with van der Waals surface area (Å²) in [5.74, 6) is 0.0425. The fourth-order valence-corrected chi connectivity index (χ4v) is 2.28. The zero-order valence-corrected chi connectivity index (χ0v) is 11.3. The van der Waals surface area contributed by atoms with Crippen LogP contribution in [0.1, 0.15) is 26.7 Å². The van der Waals surface area contributed by atoms with Gasteiger partial charge in [-0.2, -0.15) is 0 Å². The number of hydrogen-bond acceptors (Lipinski definition) is 4. The van der Waals surface area contributed by atoms with Gasteiger partial charge in [0.25, 0.3) is 0 Å². The summed E-state index contributed by atoms with van der Waals surface area (Å²) >= 11 is 0. The summed E-state index contributed by atoms with van der Waals surface area (Å²) in [4.78, 5) is 15.9. The number of β-amino-alcohol motifs (C(OH)–C–C–N with tert-alkyl or cyclic N) is 1. The third kappa shape index (κ3) is 4.61. The first-order chi connectivity index (χ1) is 7.69. The Labute approximate surface area is 104 Å². The second-order valence-corrected chi connectivity index (χ2v) is 6.02. The van der Waals surface area contributed by atoms with Gasteiger partial charge >= 0.3 is 0 Å². The number of likely N-dealkylation sites (N-methyl/N-ethyl adjacent to an activating group) is 1. The number of amides is 1. The molecule has 2 atom stereocenters. The van der Waals surface area contributed by atoms with Crippen molar-refractivity contribution in [3.8, 4) is 0 Å². The molecule has 0 aromatic heterocycles. The molecular weight excluding hydrogens is 218 g/mol. The van der Waals surface area contributed by atoms with E-state index in [2.05, 4.69) is 0 Å². The maximum atomic E-state index is 12.1. The van der Waals surface area contributed by atoms with Gasteiger partial charge in [0.1, 0.15) is 0 Å². The highest BCUT2D eigenvalue weighted by Gasteiger charge is 2.35. The van der Waals surface area contributed by atoms with Gasteiger partial charge in [-0.15, -0.1) is 0 Å². The summed E-state index contributed by atoms with van der Waals surface area (Å²) in [5.41, 5.74) is 5.37. The Bertz CT molecular complexity index is 273. The lowest BCUT2D eigenvalue weighted by atomic mass is 10.0. The number of nitrogens with zero attached hydrogens (tertiary/aromatic N) is 2. The summed E-state index contributed by atoms with van der Waals surface area (Å²) in [7, 11) is 3.94. The Kier molecular flexibility index (Phi) is 4.52. The van der Waals surface area contributed by atoms with Crippen LogP contribution >= 0.6 is 0 Å². The summed E-state index contributed by atoms with van der Waals surface area (Å²) in [6.07, 6.45) is 0.586. The third-order valence-electron chi connectivity index (χ3n) is 2.90. The second kappa shape index (κ2) is 5.33. The molecule has 1 aliphatic rings. The molecule has 5 heteroatoms. The molecule has 0 aromatic carbocycles. The van der Waals surface area contributed by atoms with Gasteiger partial charge < -0.3 is 20.6 Å². The van der Waals surface area contributed by atoms with Gasteiger partial charge in [-0.25, -0.2) is 0 Å². The standard InChI is InChI=1S/C12H25N3O2/c1-12(2,13)6-11(17)15-8-10(16)5-9(15)7-14(3)4/h9-10,16H,5-8,13H2,1-4H3. The number of aliphatic hydroxyl groups excluding tert-OH is 1. The first-order valence-corrected chi connectivity index (χ1v) is 6.10. The van der Waals surface area contributed by atoms with E-state index in [1.807, 2.05) is 32.8 Å². The molecule has 5 nitrogen and oxygen atoms in total. The number of aliphatic hydroxyl groups is 1. The second-order valence-electron chi connectivity index (χ2n) is 6.02. The average molecular weight is 243 g/mol. The summed E-state index contributed by atoms with van der Waals surface area (Å²) in [6, 6.07) is 0.106. The Balaban J connectivity index is 2.63. The molecule has 1 saturated heterocycles. The predicted molar refractivity (Wildman–Crippen MR) is 67.6 cm³/mol. The Hall–Kier alpha value is -0.650. The lowest BCUT2D eigenvalue weighted by Gasteiger charge is -2.29. The van der Waals surface area contributed by atoms with Gasteiger partial charge in [-0.3, -0.25) is 4.79 Å². The van der Waals surface area contributed by atoms with Crippen LogP contribution in [0.5, 0.6) is 0 Å². The maximum Gasteiger partial charge on any atom is 0.224 e. The van der Waals surface area contributed by atoms with E-state index in [1.54, 1.807) is 4.90 Å². The first kappa shape index (κ1) is 14.4. The van der Waals surface area contributed by atoms with Crippen LogP contribution in [-0.2, 0) is 4.79 Å². The van der Waals surface area contributed by atoms with Crippen LogP contribution in [0, 0.1) is 0 Å². The van der Waals surface area contributed by atoms with E-state index in [4.69, 9.17) is 5.73 Å². The molecule has 0 aliphatic carbocycles. The molecule has 0 spiro atoms. The molecule has 3 N–H and O–H groups in total. The van der Waals surface area contributed by atoms with Crippen LogP contribution < -0.4 is 5.73 Å². The van der Waals surface area contributed by atoms with E-state index in [-0.39, 0.29) is 11.9 Å². The van der Waals surface area contributed by atoms with Gasteiger partial charge in [0.05, 0.1) is 6.10 Å². The smallest absolute Gasteiger partial charge is 0.224 e. The summed E-state index contributed by atoms with van der Waals surface area (Å²) in [5, 5.41) is 9.69. The van der Waals surface area contributed by atoms with Crippen molar-refractivity contribution in [1.29, 1.82) is 0 Å². The minimum Gasteiger partial charge on any atom is -0.391 e. The highest BCUT2D eigenvalue weighted by Crippen LogP contribution is 2.21. The molecule has 0 saturated carbocycles. The molecule has 1 rings (SSSR count). The molecule has 0 aromatic rings. The molecule has 1 heterocycles. The van der Waals surface area contributed by atoms with Crippen molar-refractivity contribution >= 4 is 5.91 Å². The topological polar surface area (TPSA) is 69.8 Å². The van der Waals surface area contributed by atoms with Crippen molar-refractivity contribution in [2.24, 2.45) is 5.73 Å². The van der Waals surface area contributed by atoms with Crippen LogP contribution in [0.2, 0.25) is 0 Å². The minimum atomic E-state index is -0.493. The monoisotopic (exact) mass is 243 g/mol. The summed E-state index contributed by atoms with van der Waals surface area (Å²) in [6.45, 7) is 4.91. The zero-order valence-electron chi connectivity index (χ0n) is 11.3. The molecule has 0 bridgehead atoms. The number of carbonyl (C=O) groups is 1. The van der Waals surface area contributed by atoms with Gasteiger partial charge in [-0.05, 0) is 34.4 Å². The van der Waals surface area contributed by atoms with Crippen molar-refractivity contribution in [2.75, 3.05) is 27.2 Å². The van der Waals surface area contributed by atoms with Crippen LogP contribution in [-0.4, -0.2) is 65.7 Å². The Morgan fingerprint density at radius 2 is 2.12 bits per heavy atom. The zero-order chi connectivity index (χ0) is 13.2. The lowest BCUT2D eigenvalue weighted by molar-refractivity contribution is -0.133. The van der Waals surface area contributed by atoms with Gasteiger partial charge in [0.2, 0.25) is 5.91 Å². The molecule has 1 fully saturated rings. The van der Waals surface area contributed by atoms with E-state index >= 15 is 0 Å². The Morgan fingerprint density at radius 1 is 1.53 bits per heavy atom. The van der Waals surface area contributed by atoms with Crippen molar-refractivity contribution in [2.45, 2.75) is 44.4 Å². The molecular formula is C12H25N3O2. The normalized spacial score (nSPS) is 25.7. The van der Waals surface area contributed by atoms with Crippen molar-refractivity contribution < 1.29 is 9.90 Å². The SMILES string of the molecule is CN(C)CC1CC(O)CN1C(=O)CC(C)(C)N. The van der Waals surface area contributed by atoms with Crippen LogP contribution in [0.15, 0.2) is 0 Å². The van der Waals surface area contributed by atoms with Crippen LogP contribution in [0.4, 0.5) is 0 Å². The van der Waals surface area contributed by atoms with E-state index in [1.165, 1.54) is 0 Å². The van der Waals surface area contributed by atoms with Gasteiger partial charge in [0, 0.05) is 31.1 Å².